The quantitative estimate of drug-likeness (QED) is 0.180. The summed E-state index contributed by atoms with van der Waals surface area (Å²) in [6.45, 7) is 9.16. The van der Waals surface area contributed by atoms with Crippen LogP contribution in [-0.4, -0.2) is 19.9 Å². The van der Waals surface area contributed by atoms with Crippen LogP contribution in [0, 0.1) is 0 Å². The molecule has 0 N–H and O–H groups in total. The third-order valence-electron chi connectivity index (χ3n) is 11.5. The molecule has 0 bridgehead atoms. The summed E-state index contributed by atoms with van der Waals surface area (Å²) in [6, 6.07) is 55.6. The molecule has 258 valence electrons. The zero-order chi connectivity index (χ0) is 36.6. The van der Waals surface area contributed by atoms with E-state index in [2.05, 4.69) is 149 Å². The molecular formula is C50H38N4. The predicted molar refractivity (Wildman–Crippen MR) is 220 cm³/mol. The fourth-order valence-electron chi connectivity index (χ4n) is 8.73. The smallest absolute Gasteiger partial charge is 0.160 e. The van der Waals surface area contributed by atoms with E-state index in [1.54, 1.807) is 0 Å². The first-order chi connectivity index (χ1) is 26.3. The maximum atomic E-state index is 5.27. The summed E-state index contributed by atoms with van der Waals surface area (Å²) in [6.07, 6.45) is 0. The van der Waals surface area contributed by atoms with Gasteiger partial charge < -0.3 is 0 Å². The van der Waals surface area contributed by atoms with Gasteiger partial charge in [-0.15, -0.1) is 0 Å². The van der Waals surface area contributed by atoms with Crippen LogP contribution in [0.4, 0.5) is 0 Å². The Labute approximate surface area is 316 Å². The van der Waals surface area contributed by atoms with Gasteiger partial charge in [0.05, 0.1) is 22.8 Å². The van der Waals surface area contributed by atoms with E-state index in [1.807, 2.05) is 36.4 Å². The van der Waals surface area contributed by atoms with Crippen LogP contribution in [0.15, 0.2) is 158 Å². The minimum Gasteiger partial charge on any atom is -0.228 e. The molecule has 0 radical (unpaired) electrons. The zero-order valence-electron chi connectivity index (χ0n) is 30.8. The molecule has 0 unspecified atom stereocenters. The summed E-state index contributed by atoms with van der Waals surface area (Å²) >= 11 is 0. The summed E-state index contributed by atoms with van der Waals surface area (Å²) in [5, 5.41) is 0. The van der Waals surface area contributed by atoms with Crippen molar-refractivity contribution in [1.82, 2.24) is 19.9 Å². The molecule has 2 aliphatic rings. The molecule has 10 rings (SSSR count). The van der Waals surface area contributed by atoms with Crippen molar-refractivity contribution in [2.45, 2.75) is 38.5 Å². The number of aromatic nitrogens is 4. The Kier molecular flexibility index (Phi) is 7.15. The SMILES string of the molecule is CC1(C)c2ccccc2-c2nc(-c3ccccc3)nc(-c3ccc(-c4ccc(-c5nc(-c6ccccc6)nc6c5C(C)(C)c5ccccc5-6)cc4)cc3)c21. The van der Waals surface area contributed by atoms with E-state index in [0.717, 1.165) is 67.8 Å². The van der Waals surface area contributed by atoms with Crippen molar-refractivity contribution in [3.8, 4) is 78.9 Å². The average Bonchev–Trinajstić information content (AvgIpc) is 3.60. The van der Waals surface area contributed by atoms with Crippen molar-refractivity contribution >= 4 is 0 Å². The first kappa shape index (κ1) is 32.2. The average molecular weight is 695 g/mol. The number of hydrogen-bond acceptors (Lipinski definition) is 4. The molecule has 2 aliphatic carbocycles. The van der Waals surface area contributed by atoms with Crippen molar-refractivity contribution in [2.75, 3.05) is 0 Å². The summed E-state index contributed by atoms with van der Waals surface area (Å²) in [5.41, 5.74) is 17.3. The highest BCUT2D eigenvalue weighted by molar-refractivity contribution is 5.88. The van der Waals surface area contributed by atoms with E-state index in [4.69, 9.17) is 19.9 Å². The van der Waals surface area contributed by atoms with Gasteiger partial charge in [-0.05, 0) is 22.3 Å². The lowest BCUT2D eigenvalue weighted by molar-refractivity contribution is 0.657. The Morgan fingerprint density at radius 2 is 0.611 bits per heavy atom. The zero-order valence-corrected chi connectivity index (χ0v) is 30.8. The van der Waals surface area contributed by atoms with Crippen molar-refractivity contribution < 1.29 is 0 Å². The normalized spacial score (nSPS) is 14.2. The summed E-state index contributed by atoms with van der Waals surface area (Å²) in [4.78, 5) is 20.9. The van der Waals surface area contributed by atoms with Gasteiger partial charge in [-0.3, -0.25) is 0 Å². The summed E-state index contributed by atoms with van der Waals surface area (Å²) in [7, 11) is 0. The minimum absolute atomic E-state index is 0.234. The second kappa shape index (κ2) is 12.0. The van der Waals surface area contributed by atoms with E-state index < -0.39 is 0 Å². The fourth-order valence-corrected chi connectivity index (χ4v) is 8.73. The first-order valence-electron chi connectivity index (χ1n) is 18.7. The lowest BCUT2D eigenvalue weighted by Crippen LogP contribution is -2.17. The standard InChI is InChI=1S/C50H38N4/c1-49(2)39-21-13-11-19-37(39)45-41(49)43(51-47(53-45)35-15-7-5-8-16-35)33-27-23-31(24-28-33)32-25-29-34(30-26-32)44-42-46(38-20-12-14-22-40(38)50(42,3)4)54-48(52-44)36-17-9-6-10-18-36/h5-30H,1-4H3. The second-order valence-corrected chi connectivity index (χ2v) is 15.5. The third-order valence-corrected chi connectivity index (χ3v) is 11.5. The molecule has 0 atom stereocenters. The molecule has 6 aromatic carbocycles. The first-order valence-corrected chi connectivity index (χ1v) is 18.7. The Morgan fingerprint density at radius 3 is 1.00 bits per heavy atom. The van der Waals surface area contributed by atoms with E-state index in [-0.39, 0.29) is 10.8 Å². The lowest BCUT2D eigenvalue weighted by Gasteiger charge is -2.24. The monoisotopic (exact) mass is 694 g/mol. The van der Waals surface area contributed by atoms with Crippen LogP contribution in [0.2, 0.25) is 0 Å². The van der Waals surface area contributed by atoms with Crippen LogP contribution in [0.25, 0.3) is 78.9 Å². The van der Waals surface area contributed by atoms with E-state index in [1.165, 1.54) is 33.4 Å². The van der Waals surface area contributed by atoms with Gasteiger partial charge in [0.1, 0.15) is 0 Å². The molecule has 0 saturated heterocycles. The van der Waals surface area contributed by atoms with E-state index in [0.29, 0.717) is 0 Å². The molecule has 0 aliphatic heterocycles. The Hall–Kier alpha value is -6.52. The lowest BCUT2D eigenvalue weighted by atomic mass is 9.80. The largest absolute Gasteiger partial charge is 0.228 e. The van der Waals surface area contributed by atoms with Crippen LogP contribution in [0.3, 0.4) is 0 Å². The highest BCUT2D eigenvalue weighted by Gasteiger charge is 2.41. The molecule has 2 heterocycles. The number of fused-ring (bicyclic) bond motifs is 6. The predicted octanol–water partition coefficient (Wildman–Crippen LogP) is 12.2. The molecular weight excluding hydrogens is 657 g/mol. The van der Waals surface area contributed by atoms with Gasteiger partial charge in [-0.1, -0.05) is 185 Å². The molecule has 4 heteroatoms. The number of rotatable bonds is 5. The van der Waals surface area contributed by atoms with Gasteiger partial charge in [-0.2, -0.15) is 0 Å². The molecule has 0 saturated carbocycles. The number of benzene rings is 6. The summed E-state index contributed by atoms with van der Waals surface area (Å²) in [5.74, 6) is 1.49. The topological polar surface area (TPSA) is 51.6 Å². The highest BCUT2D eigenvalue weighted by atomic mass is 14.9. The van der Waals surface area contributed by atoms with Crippen molar-refractivity contribution in [3.05, 3.63) is 180 Å². The third kappa shape index (κ3) is 4.90. The Morgan fingerprint density at radius 1 is 0.296 bits per heavy atom. The van der Waals surface area contributed by atoms with E-state index in [9.17, 15) is 0 Å². The second-order valence-electron chi connectivity index (χ2n) is 15.5. The number of hydrogen-bond donors (Lipinski definition) is 0. The van der Waals surface area contributed by atoms with E-state index >= 15 is 0 Å². The van der Waals surface area contributed by atoms with Gasteiger partial charge in [0, 0.05) is 55.3 Å². The van der Waals surface area contributed by atoms with Crippen molar-refractivity contribution in [1.29, 1.82) is 0 Å². The molecule has 0 spiro atoms. The maximum Gasteiger partial charge on any atom is 0.160 e. The number of nitrogens with zero attached hydrogens (tertiary/aromatic N) is 4. The van der Waals surface area contributed by atoms with Gasteiger partial charge in [-0.25, -0.2) is 19.9 Å². The fraction of sp³-hybridized carbons (Fsp3) is 0.120. The molecule has 8 aromatic rings. The minimum atomic E-state index is -0.234. The Bertz CT molecular complexity index is 2540. The van der Waals surface area contributed by atoms with Crippen LogP contribution < -0.4 is 0 Å². The van der Waals surface area contributed by atoms with Gasteiger partial charge in [0.2, 0.25) is 0 Å². The van der Waals surface area contributed by atoms with Crippen LogP contribution in [0.1, 0.15) is 49.9 Å². The molecule has 2 aromatic heterocycles. The molecule has 0 amide bonds. The van der Waals surface area contributed by atoms with Gasteiger partial charge >= 0.3 is 0 Å². The maximum absolute atomic E-state index is 5.27. The van der Waals surface area contributed by atoms with Crippen LogP contribution in [-0.2, 0) is 10.8 Å². The van der Waals surface area contributed by atoms with Crippen LogP contribution >= 0.6 is 0 Å². The molecule has 54 heavy (non-hydrogen) atoms. The molecule has 4 nitrogen and oxygen atoms in total. The van der Waals surface area contributed by atoms with Crippen molar-refractivity contribution in [3.63, 3.8) is 0 Å². The molecule has 0 fully saturated rings. The Balaban J connectivity index is 1.05. The van der Waals surface area contributed by atoms with Gasteiger partial charge in [0.25, 0.3) is 0 Å². The van der Waals surface area contributed by atoms with Crippen molar-refractivity contribution in [2.24, 2.45) is 0 Å². The highest BCUT2D eigenvalue weighted by Crippen LogP contribution is 2.53. The summed E-state index contributed by atoms with van der Waals surface area (Å²) < 4.78 is 0. The van der Waals surface area contributed by atoms with Gasteiger partial charge in [0.15, 0.2) is 11.6 Å². The van der Waals surface area contributed by atoms with Crippen LogP contribution in [0.5, 0.6) is 0 Å².